The fourth-order valence-corrected chi connectivity index (χ4v) is 5.86. The molecule has 2 atom stereocenters. The Hall–Kier alpha value is -1.75. The molecular formula is C21H34N4O5S. The molecule has 2 aliphatic heterocycles. The summed E-state index contributed by atoms with van der Waals surface area (Å²) in [7, 11) is -3.73. The van der Waals surface area contributed by atoms with Crippen LogP contribution in [-0.4, -0.2) is 73.0 Å². The molecule has 9 nitrogen and oxygen atoms in total. The molecule has 1 N–H and O–H groups in total. The molecule has 31 heavy (non-hydrogen) atoms. The number of nitrogens with one attached hydrogen (secondary N) is 1. The van der Waals surface area contributed by atoms with Crippen molar-refractivity contribution < 1.29 is 18.1 Å². The van der Waals surface area contributed by atoms with Gasteiger partial charge in [0.1, 0.15) is 5.69 Å². The standard InChI is InChI=1S/C21H34N4O5S/c1-16-13-23(14-17(2)30-16)21(3,4)15-22-19-9-8-18(12-20(19)25(26)27)31(28,29)24-10-6-5-7-11-24/h8-9,12,16-17,22H,5-7,10-11,13-15H2,1-4H3/t16-,17-/m0/s1. The van der Waals surface area contributed by atoms with E-state index < -0.39 is 14.9 Å². The van der Waals surface area contributed by atoms with Gasteiger partial charge < -0.3 is 10.1 Å². The topological polar surface area (TPSA) is 105 Å². The minimum absolute atomic E-state index is 0.0262. The molecule has 0 unspecified atom stereocenters. The van der Waals surface area contributed by atoms with Crippen molar-refractivity contribution in [2.24, 2.45) is 0 Å². The summed E-state index contributed by atoms with van der Waals surface area (Å²) in [4.78, 5) is 13.5. The molecule has 10 heteroatoms. The molecular weight excluding hydrogens is 420 g/mol. The second-order valence-corrected chi connectivity index (χ2v) is 11.2. The summed E-state index contributed by atoms with van der Waals surface area (Å²) in [6.45, 7) is 11.2. The highest BCUT2D eigenvalue weighted by Gasteiger charge is 2.34. The summed E-state index contributed by atoms with van der Waals surface area (Å²) in [5, 5.41) is 14.9. The van der Waals surface area contributed by atoms with Crippen molar-refractivity contribution in [2.45, 2.75) is 69.6 Å². The van der Waals surface area contributed by atoms with E-state index in [2.05, 4.69) is 24.1 Å². The van der Waals surface area contributed by atoms with Crippen molar-refractivity contribution in [3.05, 3.63) is 28.3 Å². The summed E-state index contributed by atoms with van der Waals surface area (Å²) in [5.41, 5.74) is -0.166. The number of nitrogens with zero attached hydrogens (tertiary/aromatic N) is 3. The van der Waals surface area contributed by atoms with Gasteiger partial charge >= 0.3 is 0 Å². The van der Waals surface area contributed by atoms with Crippen LogP contribution in [0.4, 0.5) is 11.4 Å². The van der Waals surface area contributed by atoms with E-state index in [9.17, 15) is 18.5 Å². The minimum atomic E-state index is -3.73. The Bertz CT molecular complexity index is 889. The number of ether oxygens (including phenoxy) is 1. The fourth-order valence-electron chi connectivity index (χ4n) is 4.32. The number of hydrogen-bond donors (Lipinski definition) is 1. The molecule has 2 aliphatic rings. The van der Waals surface area contributed by atoms with Gasteiger partial charge in [-0.25, -0.2) is 8.42 Å². The summed E-state index contributed by atoms with van der Waals surface area (Å²) >= 11 is 0. The first-order chi connectivity index (χ1) is 14.5. The first-order valence-corrected chi connectivity index (χ1v) is 12.4. The van der Waals surface area contributed by atoms with Crippen molar-refractivity contribution in [1.29, 1.82) is 0 Å². The number of nitro groups is 1. The van der Waals surface area contributed by atoms with E-state index in [0.717, 1.165) is 32.4 Å². The molecule has 2 fully saturated rings. The van der Waals surface area contributed by atoms with Crippen LogP contribution in [0.3, 0.4) is 0 Å². The number of anilines is 1. The van der Waals surface area contributed by atoms with Gasteiger partial charge in [0.15, 0.2) is 0 Å². The Balaban J connectivity index is 1.78. The van der Waals surface area contributed by atoms with Crippen LogP contribution < -0.4 is 5.32 Å². The van der Waals surface area contributed by atoms with E-state index >= 15 is 0 Å². The average molecular weight is 455 g/mol. The first kappa shape index (κ1) is 23.9. The van der Waals surface area contributed by atoms with Gasteiger partial charge in [0, 0.05) is 44.3 Å². The Morgan fingerprint density at radius 3 is 2.35 bits per heavy atom. The number of morpholine rings is 1. The molecule has 0 radical (unpaired) electrons. The predicted molar refractivity (Wildman–Crippen MR) is 120 cm³/mol. The van der Waals surface area contributed by atoms with E-state index in [1.165, 1.54) is 22.5 Å². The van der Waals surface area contributed by atoms with Gasteiger partial charge in [-0.2, -0.15) is 4.31 Å². The molecule has 3 rings (SSSR count). The second kappa shape index (κ2) is 9.40. The number of piperidine rings is 1. The van der Waals surface area contributed by atoms with Crippen LogP contribution in [0.5, 0.6) is 0 Å². The highest BCUT2D eigenvalue weighted by atomic mass is 32.2. The zero-order valence-electron chi connectivity index (χ0n) is 18.8. The number of hydrogen-bond acceptors (Lipinski definition) is 7. The van der Waals surface area contributed by atoms with Gasteiger partial charge in [-0.1, -0.05) is 6.42 Å². The number of sulfonamides is 1. The number of nitro benzene ring substituents is 1. The Morgan fingerprint density at radius 1 is 1.16 bits per heavy atom. The third kappa shape index (κ3) is 5.54. The molecule has 0 bridgehead atoms. The SMILES string of the molecule is C[C@H]1CN(C(C)(C)CNc2ccc(S(=O)(=O)N3CCCCC3)cc2[N+](=O)[O-])C[C@H](C)O1. The third-order valence-corrected chi connectivity index (χ3v) is 8.00. The maximum absolute atomic E-state index is 12.9. The lowest BCUT2D eigenvalue weighted by molar-refractivity contribution is -0.384. The first-order valence-electron chi connectivity index (χ1n) is 10.9. The van der Waals surface area contributed by atoms with Gasteiger partial charge in [-0.3, -0.25) is 15.0 Å². The van der Waals surface area contributed by atoms with Crippen molar-refractivity contribution in [2.75, 3.05) is 38.0 Å². The van der Waals surface area contributed by atoms with E-state index in [0.29, 0.717) is 25.3 Å². The van der Waals surface area contributed by atoms with E-state index in [1.807, 2.05) is 13.8 Å². The molecule has 2 heterocycles. The molecule has 1 aromatic carbocycles. The van der Waals surface area contributed by atoms with Crippen LogP contribution in [0.15, 0.2) is 23.1 Å². The lowest BCUT2D eigenvalue weighted by Gasteiger charge is -2.45. The second-order valence-electron chi connectivity index (χ2n) is 9.23. The largest absolute Gasteiger partial charge is 0.378 e. The van der Waals surface area contributed by atoms with Gasteiger partial charge in [-0.15, -0.1) is 0 Å². The van der Waals surface area contributed by atoms with E-state index in [-0.39, 0.29) is 28.3 Å². The lowest BCUT2D eigenvalue weighted by Crippen LogP contribution is -2.57. The van der Waals surface area contributed by atoms with Crippen LogP contribution in [0.1, 0.15) is 47.0 Å². The normalized spacial score (nSPS) is 24.1. The van der Waals surface area contributed by atoms with E-state index in [1.54, 1.807) is 0 Å². The fraction of sp³-hybridized carbons (Fsp3) is 0.714. The van der Waals surface area contributed by atoms with Crippen LogP contribution in [-0.2, 0) is 14.8 Å². The third-order valence-electron chi connectivity index (χ3n) is 6.11. The lowest BCUT2D eigenvalue weighted by atomic mass is 10.00. The monoisotopic (exact) mass is 454 g/mol. The van der Waals surface area contributed by atoms with Crippen molar-refractivity contribution in [3.63, 3.8) is 0 Å². The van der Waals surface area contributed by atoms with Gasteiger partial charge in [0.25, 0.3) is 5.69 Å². The summed E-state index contributed by atoms with van der Waals surface area (Å²) in [6, 6.07) is 4.15. The Labute approximate surface area is 184 Å². The molecule has 1 aromatic rings. The highest BCUT2D eigenvalue weighted by Crippen LogP contribution is 2.31. The Morgan fingerprint density at radius 2 is 1.77 bits per heavy atom. The molecule has 0 spiro atoms. The van der Waals surface area contributed by atoms with Gasteiger partial charge in [0.05, 0.1) is 22.0 Å². The van der Waals surface area contributed by atoms with Gasteiger partial charge in [-0.05, 0) is 52.7 Å². The Kier molecular flexibility index (Phi) is 7.25. The average Bonchev–Trinajstić information content (AvgIpc) is 2.72. The summed E-state index contributed by atoms with van der Waals surface area (Å²) in [5.74, 6) is 0. The number of benzene rings is 1. The zero-order valence-corrected chi connectivity index (χ0v) is 19.7. The minimum Gasteiger partial charge on any atom is -0.378 e. The molecule has 0 aliphatic carbocycles. The van der Waals surface area contributed by atoms with Crippen LogP contribution in [0.25, 0.3) is 0 Å². The van der Waals surface area contributed by atoms with Crippen LogP contribution >= 0.6 is 0 Å². The maximum Gasteiger partial charge on any atom is 0.293 e. The molecule has 0 saturated carbocycles. The maximum atomic E-state index is 12.9. The smallest absolute Gasteiger partial charge is 0.293 e. The highest BCUT2D eigenvalue weighted by molar-refractivity contribution is 7.89. The van der Waals surface area contributed by atoms with Crippen molar-refractivity contribution in [1.82, 2.24) is 9.21 Å². The van der Waals surface area contributed by atoms with Crippen molar-refractivity contribution >= 4 is 21.4 Å². The van der Waals surface area contributed by atoms with Gasteiger partial charge in [0.2, 0.25) is 10.0 Å². The van der Waals surface area contributed by atoms with Crippen LogP contribution in [0, 0.1) is 10.1 Å². The van der Waals surface area contributed by atoms with Crippen LogP contribution in [0.2, 0.25) is 0 Å². The molecule has 0 aromatic heterocycles. The molecule has 2 saturated heterocycles. The summed E-state index contributed by atoms with van der Waals surface area (Å²) in [6.07, 6.45) is 2.88. The quantitative estimate of drug-likeness (QED) is 0.499. The predicted octanol–water partition coefficient (Wildman–Crippen LogP) is 3.07. The van der Waals surface area contributed by atoms with E-state index in [4.69, 9.17) is 4.74 Å². The number of rotatable bonds is 7. The molecule has 0 amide bonds. The molecule has 174 valence electrons. The van der Waals surface area contributed by atoms with Crippen molar-refractivity contribution in [3.8, 4) is 0 Å². The summed E-state index contributed by atoms with van der Waals surface area (Å²) < 4.78 is 33.1. The zero-order chi connectivity index (χ0) is 22.8.